The minimum atomic E-state index is 0.326. The molecule has 0 aliphatic carbocycles. The van der Waals surface area contributed by atoms with Crippen molar-refractivity contribution in [3.05, 3.63) is 33.8 Å². The van der Waals surface area contributed by atoms with Gasteiger partial charge in [-0.25, -0.2) is 0 Å². The molecule has 0 amide bonds. The Balaban J connectivity index is 2.24. The molecule has 1 atom stereocenters. The number of nitrogens with zero attached hydrogens (tertiary/aromatic N) is 2. The van der Waals surface area contributed by atoms with Gasteiger partial charge in [-0.2, -0.15) is 5.10 Å². The fourth-order valence-electron chi connectivity index (χ4n) is 2.20. The Morgan fingerprint density at radius 2 is 2.00 bits per heavy atom. The van der Waals surface area contributed by atoms with Crippen LogP contribution in [0, 0.1) is 13.8 Å². The molecule has 0 spiro atoms. The molecule has 0 bridgehead atoms. The molecule has 1 N–H and O–H groups in total. The zero-order chi connectivity index (χ0) is 13.3. The Morgan fingerprint density at radius 3 is 2.50 bits per heavy atom. The molecule has 1 unspecified atom stereocenters. The van der Waals surface area contributed by atoms with Crippen molar-refractivity contribution in [2.24, 2.45) is 0 Å². The number of rotatable bonds is 4. The molecule has 2 aromatic heterocycles. The Hall–Kier alpha value is -1.29. The van der Waals surface area contributed by atoms with Crippen LogP contribution in [-0.2, 0) is 0 Å². The molecule has 0 saturated heterocycles. The summed E-state index contributed by atoms with van der Waals surface area (Å²) < 4.78 is 2.08. The summed E-state index contributed by atoms with van der Waals surface area (Å²) >= 11 is 1.79. The first-order chi connectivity index (χ1) is 8.50. The molecule has 98 valence electrons. The highest BCUT2D eigenvalue weighted by Gasteiger charge is 2.16. The maximum atomic E-state index is 4.60. The third-order valence-corrected chi connectivity index (χ3v) is 4.20. The highest BCUT2D eigenvalue weighted by Crippen LogP contribution is 2.28. The van der Waals surface area contributed by atoms with E-state index >= 15 is 0 Å². The van der Waals surface area contributed by atoms with Crippen LogP contribution in [0.5, 0.6) is 0 Å². The molecule has 0 aliphatic rings. The Morgan fingerprint density at radius 1 is 1.28 bits per heavy atom. The van der Waals surface area contributed by atoms with E-state index in [2.05, 4.69) is 67.2 Å². The maximum absolute atomic E-state index is 4.60. The molecule has 0 fully saturated rings. The lowest BCUT2D eigenvalue weighted by atomic mass is 10.2. The van der Waals surface area contributed by atoms with Crippen LogP contribution in [0.2, 0.25) is 0 Å². The quantitative estimate of drug-likeness (QED) is 0.890. The molecule has 2 aromatic rings. The minimum Gasteiger partial charge on any atom is -0.375 e. The van der Waals surface area contributed by atoms with Gasteiger partial charge in [-0.15, -0.1) is 11.3 Å². The van der Waals surface area contributed by atoms with Crippen LogP contribution in [0.4, 0.5) is 5.69 Å². The predicted octanol–water partition coefficient (Wildman–Crippen LogP) is 4.32. The molecular formula is C14H21N3S. The lowest BCUT2D eigenvalue weighted by molar-refractivity contribution is 0.516. The fraction of sp³-hybridized carbons (Fsp3) is 0.500. The van der Waals surface area contributed by atoms with Crippen LogP contribution in [0.15, 0.2) is 17.5 Å². The second kappa shape index (κ2) is 5.14. The Labute approximate surface area is 113 Å². The molecule has 2 rings (SSSR count). The summed E-state index contributed by atoms with van der Waals surface area (Å²) in [7, 11) is 0. The number of thiophene rings is 1. The molecular weight excluding hydrogens is 242 g/mol. The van der Waals surface area contributed by atoms with E-state index in [1.807, 2.05) is 0 Å². The van der Waals surface area contributed by atoms with Gasteiger partial charge in [-0.05, 0) is 46.1 Å². The Bertz CT molecular complexity index is 511. The molecule has 0 saturated carbocycles. The summed E-state index contributed by atoms with van der Waals surface area (Å²) in [4.78, 5) is 1.35. The average molecular weight is 263 g/mol. The smallest absolute Gasteiger partial charge is 0.0828 e. The number of hydrogen-bond acceptors (Lipinski definition) is 3. The van der Waals surface area contributed by atoms with Crippen LogP contribution >= 0.6 is 11.3 Å². The van der Waals surface area contributed by atoms with E-state index in [9.17, 15) is 0 Å². The molecule has 3 nitrogen and oxygen atoms in total. The van der Waals surface area contributed by atoms with Gasteiger partial charge >= 0.3 is 0 Å². The number of anilines is 1. The van der Waals surface area contributed by atoms with Crippen LogP contribution in [-0.4, -0.2) is 9.78 Å². The molecule has 2 heterocycles. The van der Waals surface area contributed by atoms with Crippen molar-refractivity contribution >= 4 is 17.0 Å². The van der Waals surface area contributed by atoms with Crippen molar-refractivity contribution in [2.45, 2.75) is 46.7 Å². The van der Waals surface area contributed by atoms with Gasteiger partial charge in [0.25, 0.3) is 0 Å². The van der Waals surface area contributed by atoms with Gasteiger partial charge in [0.15, 0.2) is 0 Å². The maximum Gasteiger partial charge on any atom is 0.0828 e. The Kier molecular flexibility index (Phi) is 3.76. The van der Waals surface area contributed by atoms with Crippen molar-refractivity contribution in [3.8, 4) is 0 Å². The van der Waals surface area contributed by atoms with E-state index in [1.165, 1.54) is 16.3 Å². The van der Waals surface area contributed by atoms with E-state index in [-0.39, 0.29) is 0 Å². The van der Waals surface area contributed by atoms with Gasteiger partial charge in [0.05, 0.1) is 23.1 Å². The summed E-state index contributed by atoms with van der Waals surface area (Å²) in [6.45, 7) is 10.7. The summed E-state index contributed by atoms with van der Waals surface area (Å²) in [5.41, 5.74) is 3.46. The third kappa shape index (κ3) is 2.43. The molecule has 4 heteroatoms. The minimum absolute atomic E-state index is 0.326. The molecule has 18 heavy (non-hydrogen) atoms. The second-order valence-corrected chi connectivity index (χ2v) is 5.94. The lowest BCUT2D eigenvalue weighted by Crippen LogP contribution is -2.08. The van der Waals surface area contributed by atoms with Gasteiger partial charge in [0, 0.05) is 10.9 Å². The van der Waals surface area contributed by atoms with Crippen LogP contribution in [0.25, 0.3) is 0 Å². The van der Waals surface area contributed by atoms with Crippen molar-refractivity contribution in [2.75, 3.05) is 5.32 Å². The fourth-order valence-corrected chi connectivity index (χ4v) is 2.93. The average Bonchev–Trinajstić information content (AvgIpc) is 2.92. The first-order valence-corrected chi connectivity index (χ1v) is 7.24. The van der Waals surface area contributed by atoms with Crippen LogP contribution in [0.3, 0.4) is 0 Å². The highest BCUT2D eigenvalue weighted by atomic mass is 32.1. The summed E-state index contributed by atoms with van der Waals surface area (Å²) in [6.07, 6.45) is 0. The van der Waals surface area contributed by atoms with Gasteiger partial charge in [-0.3, -0.25) is 4.68 Å². The van der Waals surface area contributed by atoms with Crippen molar-refractivity contribution in [1.82, 2.24) is 9.78 Å². The van der Waals surface area contributed by atoms with E-state index in [0.29, 0.717) is 12.1 Å². The van der Waals surface area contributed by atoms with E-state index in [0.717, 1.165) is 5.69 Å². The lowest BCUT2D eigenvalue weighted by Gasteiger charge is -2.15. The topological polar surface area (TPSA) is 29.9 Å². The van der Waals surface area contributed by atoms with Crippen LogP contribution in [0.1, 0.15) is 49.1 Å². The standard InChI is InChI=1S/C14H21N3S/c1-9(2)17-12(5)14(11(4)16-17)15-10(3)13-7-6-8-18-13/h6-10,15H,1-5H3. The van der Waals surface area contributed by atoms with Crippen LogP contribution < -0.4 is 5.32 Å². The van der Waals surface area contributed by atoms with E-state index in [4.69, 9.17) is 0 Å². The largest absolute Gasteiger partial charge is 0.375 e. The normalized spacial score (nSPS) is 13.0. The summed E-state index contributed by atoms with van der Waals surface area (Å²) in [6, 6.07) is 4.98. The predicted molar refractivity (Wildman–Crippen MR) is 78.4 cm³/mol. The first-order valence-electron chi connectivity index (χ1n) is 6.36. The SMILES string of the molecule is Cc1nn(C(C)C)c(C)c1NC(C)c1cccs1. The first kappa shape index (κ1) is 13.1. The number of aryl methyl sites for hydroxylation is 1. The number of hydrogen-bond donors (Lipinski definition) is 1. The van der Waals surface area contributed by atoms with Gasteiger partial charge in [0.1, 0.15) is 0 Å². The second-order valence-electron chi connectivity index (χ2n) is 4.97. The number of nitrogens with one attached hydrogen (secondary N) is 1. The van der Waals surface area contributed by atoms with Gasteiger partial charge in [-0.1, -0.05) is 6.07 Å². The molecule has 0 aliphatic heterocycles. The zero-order valence-electron chi connectivity index (χ0n) is 11.7. The molecule has 0 radical (unpaired) electrons. The summed E-state index contributed by atoms with van der Waals surface area (Å²) in [5, 5.41) is 10.3. The summed E-state index contributed by atoms with van der Waals surface area (Å²) in [5.74, 6) is 0. The molecule has 0 aromatic carbocycles. The third-order valence-electron chi connectivity index (χ3n) is 3.14. The van der Waals surface area contributed by atoms with Crippen molar-refractivity contribution < 1.29 is 0 Å². The van der Waals surface area contributed by atoms with Crippen molar-refractivity contribution in [1.29, 1.82) is 0 Å². The highest BCUT2D eigenvalue weighted by molar-refractivity contribution is 7.10. The number of aromatic nitrogens is 2. The van der Waals surface area contributed by atoms with E-state index in [1.54, 1.807) is 11.3 Å². The van der Waals surface area contributed by atoms with Gasteiger partial charge in [0.2, 0.25) is 0 Å². The van der Waals surface area contributed by atoms with Crippen molar-refractivity contribution in [3.63, 3.8) is 0 Å². The van der Waals surface area contributed by atoms with Gasteiger partial charge < -0.3 is 5.32 Å². The monoisotopic (exact) mass is 263 g/mol. The zero-order valence-corrected chi connectivity index (χ0v) is 12.5. The van der Waals surface area contributed by atoms with E-state index < -0.39 is 0 Å².